The van der Waals surface area contributed by atoms with E-state index in [1.807, 2.05) is 0 Å². The molecule has 0 spiro atoms. The van der Waals surface area contributed by atoms with Crippen molar-refractivity contribution >= 4 is 17.8 Å². The van der Waals surface area contributed by atoms with Gasteiger partial charge in [-0.15, -0.1) is 0 Å². The maximum atomic E-state index is 13.7. The molecule has 0 bridgehead atoms. The Morgan fingerprint density at radius 1 is 1.35 bits per heavy atom. The lowest BCUT2D eigenvalue weighted by Crippen LogP contribution is -2.69. The molecule has 2 N–H and O–H groups in total. The molecule has 0 unspecified atom stereocenters. The van der Waals surface area contributed by atoms with E-state index in [9.17, 15) is 27.6 Å². The minimum Gasteiger partial charge on any atom is -0.497 e. The van der Waals surface area contributed by atoms with Crippen LogP contribution in [0.3, 0.4) is 0 Å². The van der Waals surface area contributed by atoms with E-state index in [1.165, 1.54) is 31.4 Å². The number of imide groups is 1. The van der Waals surface area contributed by atoms with Gasteiger partial charge in [-0.3, -0.25) is 19.8 Å². The Kier molecular flexibility index (Phi) is 5.15. The van der Waals surface area contributed by atoms with Crippen LogP contribution >= 0.6 is 0 Å². The quantitative estimate of drug-likeness (QED) is 0.772. The summed E-state index contributed by atoms with van der Waals surface area (Å²) in [7, 11) is 1.33. The maximum absolute atomic E-state index is 13.7. The molecule has 1 aliphatic rings. The number of benzene rings is 1. The van der Waals surface area contributed by atoms with Gasteiger partial charge in [0.05, 0.1) is 7.11 Å². The van der Waals surface area contributed by atoms with Crippen LogP contribution < -0.4 is 15.4 Å². The minimum absolute atomic E-state index is 0.155. The van der Waals surface area contributed by atoms with Gasteiger partial charge in [-0.05, 0) is 24.1 Å². The van der Waals surface area contributed by atoms with Crippen molar-refractivity contribution in [2.75, 3.05) is 13.7 Å². The van der Waals surface area contributed by atoms with Crippen LogP contribution in [-0.2, 0) is 4.79 Å². The molecule has 1 atom stereocenters. The van der Waals surface area contributed by atoms with E-state index < -0.39 is 29.7 Å². The number of rotatable bonds is 5. The summed E-state index contributed by atoms with van der Waals surface area (Å²) in [4.78, 5) is 37.1. The Morgan fingerprint density at radius 3 is 2.54 bits per heavy atom. The van der Waals surface area contributed by atoms with E-state index in [-0.39, 0.29) is 23.8 Å². The second-order valence-corrected chi connectivity index (χ2v) is 6.17. The van der Waals surface area contributed by atoms with Gasteiger partial charge in [-0.25, -0.2) is 4.79 Å². The number of halogens is 3. The molecular weight excluding hydrogens is 355 g/mol. The smallest absolute Gasteiger partial charge is 0.440 e. The summed E-state index contributed by atoms with van der Waals surface area (Å²) in [6.45, 7) is 3.07. The second-order valence-electron chi connectivity index (χ2n) is 6.17. The summed E-state index contributed by atoms with van der Waals surface area (Å²) < 4.78 is 45.9. The molecule has 26 heavy (non-hydrogen) atoms. The average molecular weight is 373 g/mol. The second kappa shape index (κ2) is 6.85. The number of carbonyl (C=O) groups excluding carboxylic acids is 3. The largest absolute Gasteiger partial charge is 0.497 e. The third-order valence-electron chi connectivity index (χ3n) is 3.71. The molecule has 10 heteroatoms. The van der Waals surface area contributed by atoms with Gasteiger partial charge >= 0.3 is 12.2 Å². The van der Waals surface area contributed by atoms with Crippen LogP contribution in [0, 0.1) is 5.92 Å². The summed E-state index contributed by atoms with van der Waals surface area (Å²) in [5, 5.41) is 3.23. The molecule has 2 rings (SSSR count). The maximum Gasteiger partial charge on any atom is 0.440 e. The van der Waals surface area contributed by atoms with Crippen molar-refractivity contribution in [3.63, 3.8) is 0 Å². The molecule has 0 radical (unpaired) electrons. The van der Waals surface area contributed by atoms with E-state index >= 15 is 0 Å². The molecule has 4 amide bonds. The van der Waals surface area contributed by atoms with Crippen molar-refractivity contribution in [3.8, 4) is 5.75 Å². The SMILES string of the molecule is COc1cccc(C(=O)N[C@]2(C(F)(F)F)NC(=O)N(CC(C)C)C2=O)c1. The molecule has 1 heterocycles. The lowest BCUT2D eigenvalue weighted by Gasteiger charge is -2.30. The first-order valence-electron chi connectivity index (χ1n) is 7.69. The summed E-state index contributed by atoms with van der Waals surface area (Å²) in [6.07, 6.45) is -5.24. The van der Waals surface area contributed by atoms with Crippen molar-refractivity contribution in [2.24, 2.45) is 5.92 Å². The number of alkyl halides is 3. The van der Waals surface area contributed by atoms with Crippen LogP contribution in [0.4, 0.5) is 18.0 Å². The molecule has 0 aliphatic carbocycles. The number of nitrogens with zero attached hydrogens (tertiary/aromatic N) is 1. The zero-order valence-electron chi connectivity index (χ0n) is 14.3. The molecule has 1 aromatic rings. The summed E-state index contributed by atoms with van der Waals surface area (Å²) in [5.41, 5.74) is -3.67. The lowest BCUT2D eigenvalue weighted by atomic mass is 10.1. The van der Waals surface area contributed by atoms with E-state index in [4.69, 9.17) is 4.74 Å². The van der Waals surface area contributed by atoms with Crippen molar-refractivity contribution in [2.45, 2.75) is 25.7 Å². The summed E-state index contributed by atoms with van der Waals surface area (Å²) in [5.74, 6) is -2.74. The third kappa shape index (κ3) is 3.44. The number of carbonyl (C=O) groups is 3. The van der Waals surface area contributed by atoms with Gasteiger partial charge in [0.1, 0.15) is 5.75 Å². The molecule has 1 aromatic carbocycles. The fourth-order valence-electron chi connectivity index (χ4n) is 2.46. The number of hydrogen-bond donors (Lipinski definition) is 2. The van der Waals surface area contributed by atoms with Gasteiger partial charge in [0.15, 0.2) is 0 Å². The summed E-state index contributed by atoms with van der Waals surface area (Å²) >= 11 is 0. The van der Waals surface area contributed by atoms with Crippen LogP contribution in [0.25, 0.3) is 0 Å². The molecule has 1 fully saturated rings. The van der Waals surface area contributed by atoms with Gasteiger partial charge in [0, 0.05) is 12.1 Å². The molecule has 1 saturated heterocycles. The zero-order valence-corrected chi connectivity index (χ0v) is 14.3. The van der Waals surface area contributed by atoms with Crippen molar-refractivity contribution in [1.82, 2.24) is 15.5 Å². The van der Waals surface area contributed by atoms with Gasteiger partial charge in [-0.1, -0.05) is 19.9 Å². The zero-order chi connectivity index (χ0) is 19.7. The van der Waals surface area contributed by atoms with Gasteiger partial charge in [-0.2, -0.15) is 13.2 Å². The predicted molar refractivity (Wildman–Crippen MR) is 84.3 cm³/mol. The average Bonchev–Trinajstić information content (AvgIpc) is 2.79. The highest BCUT2D eigenvalue weighted by Crippen LogP contribution is 2.34. The highest BCUT2D eigenvalue weighted by Gasteiger charge is 2.68. The van der Waals surface area contributed by atoms with E-state index in [1.54, 1.807) is 24.5 Å². The fraction of sp³-hybridized carbons (Fsp3) is 0.438. The Hall–Kier alpha value is -2.78. The Morgan fingerprint density at radius 2 is 2.00 bits per heavy atom. The Labute approximate surface area is 147 Å². The molecule has 7 nitrogen and oxygen atoms in total. The highest BCUT2D eigenvalue weighted by molar-refractivity contribution is 6.10. The third-order valence-corrected chi connectivity index (χ3v) is 3.71. The number of amides is 4. The number of ether oxygens (including phenoxy) is 1. The van der Waals surface area contributed by atoms with Crippen LogP contribution in [0.15, 0.2) is 24.3 Å². The van der Waals surface area contributed by atoms with Gasteiger partial charge in [0.25, 0.3) is 17.5 Å². The first kappa shape index (κ1) is 19.5. The fourth-order valence-corrected chi connectivity index (χ4v) is 2.46. The normalized spacial score (nSPS) is 20.3. The topological polar surface area (TPSA) is 87.7 Å². The van der Waals surface area contributed by atoms with E-state index in [0.29, 0.717) is 4.90 Å². The first-order chi connectivity index (χ1) is 12.0. The lowest BCUT2D eigenvalue weighted by molar-refractivity contribution is -0.200. The van der Waals surface area contributed by atoms with Crippen LogP contribution in [0.2, 0.25) is 0 Å². The standard InChI is InChI=1S/C16H18F3N3O4/c1-9(2)8-22-13(24)15(16(17,18)19,21-14(22)25)20-12(23)10-5-4-6-11(7-10)26-3/h4-7,9H,8H2,1-3H3,(H,20,23)(H,21,25)/t15-/m0/s1. The molecule has 142 valence electrons. The molecule has 0 saturated carbocycles. The first-order valence-corrected chi connectivity index (χ1v) is 7.69. The van der Waals surface area contributed by atoms with Crippen LogP contribution in [0.5, 0.6) is 5.75 Å². The van der Waals surface area contributed by atoms with Crippen LogP contribution in [-0.4, -0.2) is 48.2 Å². The van der Waals surface area contributed by atoms with Crippen molar-refractivity contribution in [3.05, 3.63) is 29.8 Å². The molecule has 0 aromatic heterocycles. The minimum atomic E-state index is -5.24. The number of methoxy groups -OCH3 is 1. The highest BCUT2D eigenvalue weighted by atomic mass is 19.4. The van der Waals surface area contributed by atoms with Crippen molar-refractivity contribution in [1.29, 1.82) is 0 Å². The van der Waals surface area contributed by atoms with Crippen molar-refractivity contribution < 1.29 is 32.3 Å². The Balaban J connectivity index is 2.38. The Bertz CT molecular complexity index is 736. The van der Waals surface area contributed by atoms with E-state index in [2.05, 4.69) is 0 Å². The number of nitrogens with one attached hydrogen (secondary N) is 2. The summed E-state index contributed by atoms with van der Waals surface area (Å²) in [6, 6.07) is 4.17. The van der Waals surface area contributed by atoms with Gasteiger partial charge < -0.3 is 10.1 Å². The molecule has 1 aliphatic heterocycles. The van der Waals surface area contributed by atoms with Crippen LogP contribution in [0.1, 0.15) is 24.2 Å². The van der Waals surface area contributed by atoms with Gasteiger partial charge in [0.2, 0.25) is 0 Å². The number of urea groups is 1. The molecular formula is C16H18F3N3O4. The monoisotopic (exact) mass is 373 g/mol. The van der Waals surface area contributed by atoms with E-state index in [0.717, 1.165) is 0 Å². The number of hydrogen-bond acceptors (Lipinski definition) is 4. The predicted octanol–water partition coefficient (Wildman–Crippen LogP) is 1.89.